The van der Waals surface area contributed by atoms with Gasteiger partial charge in [-0.1, -0.05) is 31.9 Å². The number of rotatable bonds is 7. The molecule has 0 aliphatic carbocycles. The van der Waals surface area contributed by atoms with E-state index in [1.165, 1.54) is 35.6 Å². The number of nitrogens with zero attached hydrogens (tertiary/aromatic N) is 1. The molecule has 0 bridgehead atoms. The van der Waals surface area contributed by atoms with E-state index in [2.05, 4.69) is 5.32 Å². The number of benzene rings is 1. The lowest BCUT2D eigenvalue weighted by Gasteiger charge is -2.27. The van der Waals surface area contributed by atoms with Crippen LogP contribution >= 0.6 is 11.3 Å². The maximum Gasteiger partial charge on any atom is 0.325 e. The summed E-state index contributed by atoms with van der Waals surface area (Å²) in [5.74, 6) is -1.16. The Balaban J connectivity index is 1.90. The molecule has 1 aliphatic heterocycles. The summed E-state index contributed by atoms with van der Waals surface area (Å²) in [7, 11) is 0. The number of urea groups is 1. The number of ketones is 1. The van der Waals surface area contributed by atoms with Crippen LogP contribution in [0.15, 0.2) is 36.4 Å². The molecule has 142 valence electrons. The molecule has 1 atom stereocenters. The van der Waals surface area contributed by atoms with Crippen molar-refractivity contribution in [2.24, 2.45) is 0 Å². The summed E-state index contributed by atoms with van der Waals surface area (Å²) >= 11 is 1.33. The molecule has 2 heterocycles. The molecule has 2 aromatic rings. The van der Waals surface area contributed by atoms with Crippen LogP contribution < -0.4 is 5.32 Å². The third kappa shape index (κ3) is 3.64. The van der Waals surface area contributed by atoms with E-state index in [0.29, 0.717) is 23.3 Å². The fraction of sp³-hybridized carbons (Fsp3) is 0.350. The van der Waals surface area contributed by atoms with Crippen LogP contribution in [0.5, 0.6) is 0 Å². The molecule has 1 aromatic heterocycles. The van der Waals surface area contributed by atoms with Gasteiger partial charge in [0.2, 0.25) is 0 Å². The maximum atomic E-state index is 13.3. The smallest absolute Gasteiger partial charge is 0.319 e. The molecule has 0 spiro atoms. The quantitative estimate of drug-likeness (QED) is 0.576. The maximum absolute atomic E-state index is 13.3. The molecule has 1 N–H and O–H groups in total. The van der Waals surface area contributed by atoms with Crippen LogP contribution in [0.1, 0.15) is 46.3 Å². The second-order valence-corrected chi connectivity index (χ2v) is 7.96. The highest BCUT2D eigenvalue weighted by molar-refractivity contribution is 7.14. The van der Waals surface area contributed by atoms with E-state index < -0.39 is 23.3 Å². The van der Waals surface area contributed by atoms with Crippen molar-refractivity contribution in [1.29, 1.82) is 0 Å². The minimum absolute atomic E-state index is 0.276. The Morgan fingerprint density at radius 2 is 1.89 bits per heavy atom. The number of halogens is 1. The number of thiophene rings is 1. The minimum atomic E-state index is -1.26. The SMILES string of the molecule is CCCC[C@@]1(c2ccc(F)cc2)NC(=O)N(CC(=O)c2ccc(C)s2)C1=O. The van der Waals surface area contributed by atoms with E-state index in [1.807, 2.05) is 19.9 Å². The molecule has 0 saturated carbocycles. The van der Waals surface area contributed by atoms with Gasteiger partial charge in [0.05, 0.1) is 11.4 Å². The average molecular weight is 388 g/mol. The molecule has 5 nitrogen and oxygen atoms in total. The highest BCUT2D eigenvalue weighted by Crippen LogP contribution is 2.34. The lowest BCUT2D eigenvalue weighted by Crippen LogP contribution is -2.44. The van der Waals surface area contributed by atoms with Crippen molar-refractivity contribution in [3.05, 3.63) is 57.5 Å². The molecule has 1 fully saturated rings. The van der Waals surface area contributed by atoms with Crippen molar-refractivity contribution in [1.82, 2.24) is 10.2 Å². The minimum Gasteiger partial charge on any atom is -0.319 e. The molecule has 1 saturated heterocycles. The Hall–Kier alpha value is -2.54. The highest BCUT2D eigenvalue weighted by atomic mass is 32.1. The number of imide groups is 1. The van der Waals surface area contributed by atoms with Crippen molar-refractivity contribution in [3.63, 3.8) is 0 Å². The van der Waals surface area contributed by atoms with Gasteiger partial charge in [-0.15, -0.1) is 11.3 Å². The number of carbonyl (C=O) groups is 3. The molecular formula is C20H21FN2O3S. The van der Waals surface area contributed by atoms with Crippen molar-refractivity contribution in [2.45, 2.75) is 38.6 Å². The first-order valence-electron chi connectivity index (χ1n) is 8.87. The second kappa shape index (κ2) is 7.60. The van der Waals surface area contributed by atoms with E-state index in [-0.39, 0.29) is 12.3 Å². The van der Waals surface area contributed by atoms with E-state index >= 15 is 0 Å². The number of nitrogens with one attached hydrogen (secondary N) is 1. The van der Waals surface area contributed by atoms with E-state index in [0.717, 1.165) is 16.2 Å². The van der Waals surface area contributed by atoms with Gasteiger partial charge in [-0.2, -0.15) is 0 Å². The third-order valence-electron chi connectivity index (χ3n) is 4.73. The number of hydrogen-bond donors (Lipinski definition) is 1. The van der Waals surface area contributed by atoms with Gasteiger partial charge >= 0.3 is 6.03 Å². The zero-order chi connectivity index (χ0) is 19.6. The van der Waals surface area contributed by atoms with Crippen LogP contribution in [-0.4, -0.2) is 29.2 Å². The Labute approximate surface area is 161 Å². The van der Waals surface area contributed by atoms with Gasteiger partial charge in [0.1, 0.15) is 11.4 Å². The van der Waals surface area contributed by atoms with Gasteiger partial charge in [-0.05, 0) is 43.2 Å². The third-order valence-corrected chi connectivity index (χ3v) is 5.78. The van der Waals surface area contributed by atoms with Crippen LogP contribution in [0.3, 0.4) is 0 Å². The number of aryl methyl sites for hydroxylation is 1. The van der Waals surface area contributed by atoms with Crippen LogP contribution in [-0.2, 0) is 10.3 Å². The van der Waals surface area contributed by atoms with Gasteiger partial charge in [0.25, 0.3) is 5.91 Å². The Morgan fingerprint density at radius 1 is 1.19 bits per heavy atom. The van der Waals surface area contributed by atoms with Gasteiger partial charge < -0.3 is 5.32 Å². The lowest BCUT2D eigenvalue weighted by atomic mass is 9.84. The summed E-state index contributed by atoms with van der Waals surface area (Å²) in [5.41, 5.74) is -0.732. The molecule has 7 heteroatoms. The molecule has 0 unspecified atom stereocenters. The first-order chi connectivity index (χ1) is 12.9. The van der Waals surface area contributed by atoms with Gasteiger partial charge in [-0.3, -0.25) is 14.5 Å². The van der Waals surface area contributed by atoms with E-state index in [1.54, 1.807) is 6.07 Å². The Morgan fingerprint density at radius 3 is 2.48 bits per heavy atom. The summed E-state index contributed by atoms with van der Waals surface area (Å²) in [5, 5.41) is 2.77. The summed E-state index contributed by atoms with van der Waals surface area (Å²) in [6.07, 6.45) is 1.93. The molecule has 0 radical (unpaired) electrons. The summed E-state index contributed by atoms with van der Waals surface area (Å²) in [6.45, 7) is 3.57. The zero-order valence-electron chi connectivity index (χ0n) is 15.3. The Bertz CT molecular complexity index is 878. The Kier molecular flexibility index (Phi) is 5.41. The second-order valence-electron chi connectivity index (χ2n) is 6.67. The first kappa shape index (κ1) is 19.2. The topological polar surface area (TPSA) is 66.5 Å². The fourth-order valence-electron chi connectivity index (χ4n) is 3.26. The molecule has 3 amide bonds. The van der Waals surface area contributed by atoms with Crippen molar-refractivity contribution in [2.75, 3.05) is 6.54 Å². The molecular weight excluding hydrogens is 367 g/mol. The van der Waals surface area contributed by atoms with E-state index in [9.17, 15) is 18.8 Å². The summed E-state index contributed by atoms with van der Waals surface area (Å²) in [4.78, 5) is 40.7. The standard InChI is InChI=1S/C20H21FN2O3S/c1-3-4-11-20(14-6-8-15(21)9-7-14)18(25)23(19(26)22-20)12-16(24)17-10-5-13(2)27-17/h5-10H,3-4,11-12H2,1-2H3,(H,22,26)/t20-/m0/s1. The predicted molar refractivity (Wildman–Crippen MR) is 101 cm³/mol. The van der Waals surface area contributed by atoms with Crippen LogP contribution in [0, 0.1) is 12.7 Å². The number of unbranched alkanes of at least 4 members (excludes halogenated alkanes) is 1. The number of carbonyl (C=O) groups excluding carboxylic acids is 3. The first-order valence-corrected chi connectivity index (χ1v) is 9.69. The molecule has 27 heavy (non-hydrogen) atoms. The largest absolute Gasteiger partial charge is 0.325 e. The normalized spacial score (nSPS) is 19.4. The van der Waals surface area contributed by atoms with Crippen LogP contribution in [0.4, 0.5) is 9.18 Å². The zero-order valence-corrected chi connectivity index (χ0v) is 16.1. The van der Waals surface area contributed by atoms with Crippen LogP contribution in [0.2, 0.25) is 0 Å². The van der Waals surface area contributed by atoms with Crippen molar-refractivity contribution in [3.8, 4) is 0 Å². The average Bonchev–Trinajstić information content (AvgIpc) is 3.18. The number of Topliss-reactive ketones (excluding diaryl/α,β-unsaturated/α-hetero) is 1. The lowest BCUT2D eigenvalue weighted by molar-refractivity contribution is -0.131. The fourth-order valence-corrected chi connectivity index (χ4v) is 4.06. The summed E-state index contributed by atoms with van der Waals surface area (Å²) in [6, 6.07) is 8.49. The monoisotopic (exact) mass is 388 g/mol. The van der Waals surface area contributed by atoms with Gasteiger partial charge in [0.15, 0.2) is 5.78 Å². The predicted octanol–water partition coefficient (Wildman–Crippen LogP) is 4.02. The molecule has 1 aromatic carbocycles. The van der Waals surface area contributed by atoms with Gasteiger partial charge in [-0.25, -0.2) is 9.18 Å². The number of hydrogen-bond acceptors (Lipinski definition) is 4. The number of amides is 3. The van der Waals surface area contributed by atoms with Crippen LogP contribution in [0.25, 0.3) is 0 Å². The van der Waals surface area contributed by atoms with Crippen molar-refractivity contribution >= 4 is 29.1 Å². The summed E-state index contributed by atoms with van der Waals surface area (Å²) < 4.78 is 13.3. The van der Waals surface area contributed by atoms with Crippen molar-refractivity contribution < 1.29 is 18.8 Å². The van der Waals surface area contributed by atoms with E-state index in [4.69, 9.17) is 0 Å². The highest BCUT2D eigenvalue weighted by Gasteiger charge is 2.52. The van der Waals surface area contributed by atoms with Gasteiger partial charge in [0, 0.05) is 4.88 Å². The molecule has 3 rings (SSSR count). The molecule has 1 aliphatic rings.